The van der Waals surface area contributed by atoms with Crippen molar-refractivity contribution in [1.29, 1.82) is 0 Å². The van der Waals surface area contributed by atoms with Crippen LogP contribution in [-0.4, -0.2) is 30.9 Å². The topological polar surface area (TPSA) is 32.3 Å². The Morgan fingerprint density at radius 1 is 1.39 bits per heavy atom. The molecule has 1 aromatic carbocycles. The van der Waals surface area contributed by atoms with Crippen LogP contribution < -0.4 is 5.32 Å². The molecule has 0 aliphatic heterocycles. The Bertz CT molecular complexity index is 382. The van der Waals surface area contributed by atoms with Crippen molar-refractivity contribution in [2.24, 2.45) is 0 Å². The Labute approximate surface area is 118 Å². The number of carbonyl (C=O) groups is 1. The number of carbonyl (C=O) groups excluding carboxylic acids is 1. The summed E-state index contributed by atoms with van der Waals surface area (Å²) < 4.78 is 1.02. The molecular formula is C14H21BrN2O. The standard InChI is InChI=1S/C14H21BrN2O/c1-3-4-11-17(2)14(18)9-10-16-13-8-6-5-7-12(13)15/h5-8,16H,3-4,9-11H2,1-2H3. The quantitative estimate of drug-likeness (QED) is 0.835. The van der Waals surface area contributed by atoms with Crippen LogP contribution in [0.25, 0.3) is 0 Å². The molecule has 0 saturated carbocycles. The molecule has 0 bridgehead atoms. The van der Waals surface area contributed by atoms with Gasteiger partial charge in [-0.2, -0.15) is 0 Å². The van der Waals surface area contributed by atoms with Crippen molar-refractivity contribution < 1.29 is 4.79 Å². The summed E-state index contributed by atoms with van der Waals surface area (Å²) in [5.41, 5.74) is 1.03. The van der Waals surface area contributed by atoms with Gasteiger partial charge in [-0.3, -0.25) is 4.79 Å². The maximum absolute atomic E-state index is 11.8. The predicted molar refractivity (Wildman–Crippen MR) is 79.8 cm³/mol. The lowest BCUT2D eigenvalue weighted by atomic mass is 10.3. The molecular weight excluding hydrogens is 292 g/mol. The highest BCUT2D eigenvalue weighted by Crippen LogP contribution is 2.20. The monoisotopic (exact) mass is 312 g/mol. The Hall–Kier alpha value is -1.03. The van der Waals surface area contributed by atoms with Crippen molar-refractivity contribution >= 4 is 27.5 Å². The lowest BCUT2D eigenvalue weighted by molar-refractivity contribution is -0.129. The first kappa shape index (κ1) is 15.0. The van der Waals surface area contributed by atoms with Gasteiger partial charge in [-0.15, -0.1) is 0 Å². The van der Waals surface area contributed by atoms with Crippen LogP contribution in [0.1, 0.15) is 26.2 Å². The van der Waals surface area contributed by atoms with Crippen molar-refractivity contribution in [1.82, 2.24) is 4.90 Å². The van der Waals surface area contributed by atoms with Gasteiger partial charge in [0, 0.05) is 36.7 Å². The molecule has 0 unspecified atom stereocenters. The zero-order valence-corrected chi connectivity index (χ0v) is 12.7. The van der Waals surface area contributed by atoms with Gasteiger partial charge in [-0.1, -0.05) is 25.5 Å². The summed E-state index contributed by atoms with van der Waals surface area (Å²) in [6.45, 7) is 3.65. The van der Waals surface area contributed by atoms with E-state index in [-0.39, 0.29) is 5.91 Å². The smallest absolute Gasteiger partial charge is 0.224 e. The molecule has 3 nitrogen and oxygen atoms in total. The first-order chi connectivity index (χ1) is 8.65. The molecule has 1 rings (SSSR count). The minimum atomic E-state index is 0.197. The van der Waals surface area contributed by atoms with Crippen LogP contribution in [0.3, 0.4) is 0 Å². The number of unbranched alkanes of at least 4 members (excludes halogenated alkanes) is 1. The van der Waals surface area contributed by atoms with Gasteiger partial charge in [0.2, 0.25) is 5.91 Å². The molecule has 18 heavy (non-hydrogen) atoms. The highest BCUT2D eigenvalue weighted by Gasteiger charge is 2.07. The van der Waals surface area contributed by atoms with E-state index in [1.807, 2.05) is 36.2 Å². The van der Waals surface area contributed by atoms with E-state index >= 15 is 0 Å². The Morgan fingerprint density at radius 3 is 2.78 bits per heavy atom. The number of hydrogen-bond acceptors (Lipinski definition) is 2. The Balaban J connectivity index is 2.29. The van der Waals surface area contributed by atoms with Crippen molar-refractivity contribution in [2.45, 2.75) is 26.2 Å². The highest BCUT2D eigenvalue weighted by atomic mass is 79.9. The van der Waals surface area contributed by atoms with Gasteiger partial charge >= 0.3 is 0 Å². The van der Waals surface area contributed by atoms with Crippen molar-refractivity contribution in [3.63, 3.8) is 0 Å². The van der Waals surface area contributed by atoms with Crippen LogP contribution in [0.2, 0.25) is 0 Å². The number of benzene rings is 1. The summed E-state index contributed by atoms with van der Waals surface area (Å²) in [7, 11) is 1.87. The second kappa shape index (κ2) is 8.14. The summed E-state index contributed by atoms with van der Waals surface area (Å²) >= 11 is 3.47. The van der Waals surface area contributed by atoms with E-state index in [1.54, 1.807) is 0 Å². The zero-order valence-electron chi connectivity index (χ0n) is 11.1. The second-order valence-electron chi connectivity index (χ2n) is 4.33. The van der Waals surface area contributed by atoms with E-state index in [0.29, 0.717) is 13.0 Å². The number of nitrogens with zero attached hydrogens (tertiary/aromatic N) is 1. The molecule has 1 aromatic rings. The average Bonchev–Trinajstić information content (AvgIpc) is 2.38. The van der Waals surface area contributed by atoms with Crippen molar-refractivity contribution in [3.05, 3.63) is 28.7 Å². The van der Waals surface area contributed by atoms with Gasteiger partial charge < -0.3 is 10.2 Å². The van der Waals surface area contributed by atoms with Crippen LogP contribution in [0.4, 0.5) is 5.69 Å². The van der Waals surface area contributed by atoms with E-state index < -0.39 is 0 Å². The van der Waals surface area contributed by atoms with Gasteiger partial charge in [-0.05, 0) is 34.5 Å². The normalized spacial score (nSPS) is 10.2. The maximum atomic E-state index is 11.8. The molecule has 0 heterocycles. The van der Waals surface area contributed by atoms with Crippen LogP contribution >= 0.6 is 15.9 Å². The largest absolute Gasteiger partial charge is 0.384 e. The third-order valence-electron chi connectivity index (χ3n) is 2.80. The number of amides is 1. The fraction of sp³-hybridized carbons (Fsp3) is 0.500. The third-order valence-corrected chi connectivity index (χ3v) is 3.49. The molecule has 0 saturated heterocycles. The first-order valence-electron chi connectivity index (χ1n) is 6.37. The fourth-order valence-corrected chi connectivity index (χ4v) is 2.04. The number of nitrogens with one attached hydrogen (secondary N) is 1. The molecule has 0 aliphatic rings. The summed E-state index contributed by atoms with van der Waals surface area (Å²) in [5, 5.41) is 3.26. The maximum Gasteiger partial charge on any atom is 0.224 e. The van der Waals surface area contributed by atoms with Crippen molar-refractivity contribution in [3.8, 4) is 0 Å². The van der Waals surface area contributed by atoms with Gasteiger partial charge in [0.1, 0.15) is 0 Å². The SMILES string of the molecule is CCCCN(C)C(=O)CCNc1ccccc1Br. The number of hydrogen-bond donors (Lipinski definition) is 1. The lowest BCUT2D eigenvalue weighted by Crippen LogP contribution is -2.29. The number of para-hydroxylation sites is 1. The second-order valence-corrected chi connectivity index (χ2v) is 5.18. The molecule has 0 aliphatic carbocycles. The predicted octanol–water partition coefficient (Wildman–Crippen LogP) is 3.51. The summed E-state index contributed by atoms with van der Waals surface area (Å²) in [6.07, 6.45) is 2.72. The van der Waals surface area contributed by atoms with Gasteiger partial charge in [0.15, 0.2) is 0 Å². The van der Waals surface area contributed by atoms with E-state index in [2.05, 4.69) is 28.2 Å². The zero-order chi connectivity index (χ0) is 13.4. The third kappa shape index (κ3) is 5.08. The van der Waals surface area contributed by atoms with Crippen LogP contribution in [0.5, 0.6) is 0 Å². The molecule has 0 radical (unpaired) electrons. The van der Waals surface area contributed by atoms with E-state index in [4.69, 9.17) is 0 Å². The van der Waals surface area contributed by atoms with E-state index in [1.165, 1.54) is 0 Å². The molecule has 0 fully saturated rings. The van der Waals surface area contributed by atoms with Crippen LogP contribution in [-0.2, 0) is 4.79 Å². The molecule has 1 N–H and O–H groups in total. The fourth-order valence-electron chi connectivity index (χ4n) is 1.62. The van der Waals surface area contributed by atoms with E-state index in [0.717, 1.165) is 29.5 Å². The van der Waals surface area contributed by atoms with Crippen LogP contribution in [0, 0.1) is 0 Å². The lowest BCUT2D eigenvalue weighted by Gasteiger charge is -2.17. The molecule has 4 heteroatoms. The van der Waals surface area contributed by atoms with Crippen LogP contribution in [0.15, 0.2) is 28.7 Å². The Kier molecular flexibility index (Phi) is 6.80. The number of anilines is 1. The summed E-state index contributed by atoms with van der Waals surface area (Å²) in [5.74, 6) is 0.197. The number of halogens is 1. The molecule has 0 atom stereocenters. The van der Waals surface area contributed by atoms with E-state index in [9.17, 15) is 4.79 Å². The summed E-state index contributed by atoms with van der Waals surface area (Å²) in [6, 6.07) is 7.92. The minimum absolute atomic E-state index is 0.197. The molecule has 0 spiro atoms. The summed E-state index contributed by atoms with van der Waals surface area (Å²) in [4.78, 5) is 13.6. The minimum Gasteiger partial charge on any atom is -0.384 e. The molecule has 1 amide bonds. The Morgan fingerprint density at radius 2 is 2.11 bits per heavy atom. The average molecular weight is 313 g/mol. The van der Waals surface area contributed by atoms with Gasteiger partial charge in [-0.25, -0.2) is 0 Å². The van der Waals surface area contributed by atoms with Crippen molar-refractivity contribution in [2.75, 3.05) is 25.5 Å². The first-order valence-corrected chi connectivity index (χ1v) is 7.16. The molecule has 100 valence electrons. The highest BCUT2D eigenvalue weighted by molar-refractivity contribution is 9.10. The van der Waals surface area contributed by atoms with Gasteiger partial charge in [0.05, 0.1) is 0 Å². The number of rotatable bonds is 7. The van der Waals surface area contributed by atoms with Gasteiger partial charge in [0.25, 0.3) is 0 Å². The molecule has 0 aromatic heterocycles.